The molecule has 0 radical (unpaired) electrons. The van der Waals surface area contributed by atoms with Crippen LogP contribution in [0.4, 0.5) is 0 Å². The van der Waals surface area contributed by atoms with Gasteiger partial charge in [-0.2, -0.15) is 0 Å². The number of ether oxygens (including phenoxy) is 2. The molecule has 1 aromatic rings. The first kappa shape index (κ1) is 17.1. The lowest BCUT2D eigenvalue weighted by molar-refractivity contribution is 0.116. The van der Waals surface area contributed by atoms with Crippen LogP contribution in [0.3, 0.4) is 0 Å². The second-order valence-corrected chi connectivity index (χ2v) is 6.07. The van der Waals surface area contributed by atoms with Crippen molar-refractivity contribution in [3.63, 3.8) is 0 Å². The Kier molecular flexibility index (Phi) is 7.00. The minimum atomic E-state index is -0.0994. The van der Waals surface area contributed by atoms with Gasteiger partial charge in [0.2, 0.25) is 0 Å². The summed E-state index contributed by atoms with van der Waals surface area (Å²) in [5, 5.41) is 13.1. The molecule has 4 nitrogen and oxygen atoms in total. The van der Waals surface area contributed by atoms with Gasteiger partial charge in [0, 0.05) is 12.6 Å². The van der Waals surface area contributed by atoms with Gasteiger partial charge in [0.1, 0.15) is 0 Å². The van der Waals surface area contributed by atoms with E-state index in [2.05, 4.69) is 24.4 Å². The number of aliphatic hydroxyl groups is 1. The van der Waals surface area contributed by atoms with Crippen LogP contribution in [0, 0.1) is 0 Å². The van der Waals surface area contributed by atoms with E-state index in [0.717, 1.165) is 63.2 Å². The number of aliphatic hydroxyl groups excluding tert-OH is 1. The van der Waals surface area contributed by atoms with Gasteiger partial charge in [-0.25, -0.2) is 0 Å². The molecule has 2 rings (SSSR count). The number of methoxy groups -OCH3 is 1. The highest BCUT2D eigenvalue weighted by Crippen LogP contribution is 2.28. The normalized spacial score (nSPS) is 21.6. The van der Waals surface area contributed by atoms with Gasteiger partial charge in [0.05, 0.1) is 19.8 Å². The van der Waals surface area contributed by atoms with E-state index in [0.29, 0.717) is 6.04 Å². The first-order chi connectivity index (χ1) is 10.7. The second kappa shape index (κ2) is 9.01. The van der Waals surface area contributed by atoms with Gasteiger partial charge < -0.3 is 19.9 Å². The summed E-state index contributed by atoms with van der Waals surface area (Å²) in [5.41, 5.74) is 1.21. The number of hydrogen-bond donors (Lipinski definition) is 2. The number of hydrogen-bond acceptors (Lipinski definition) is 4. The molecular weight excluding hydrogens is 278 g/mol. The van der Waals surface area contributed by atoms with E-state index in [4.69, 9.17) is 9.47 Å². The van der Waals surface area contributed by atoms with E-state index in [1.54, 1.807) is 7.11 Å². The van der Waals surface area contributed by atoms with Crippen LogP contribution in [-0.4, -0.2) is 31.0 Å². The summed E-state index contributed by atoms with van der Waals surface area (Å²) in [6.45, 7) is 3.71. The van der Waals surface area contributed by atoms with E-state index < -0.39 is 0 Å². The quantitative estimate of drug-likeness (QED) is 0.724. The van der Waals surface area contributed by atoms with Crippen molar-refractivity contribution < 1.29 is 14.6 Å². The molecular formula is C18H29NO3. The monoisotopic (exact) mass is 307 g/mol. The Morgan fingerprint density at radius 2 is 1.95 bits per heavy atom. The maximum absolute atomic E-state index is 9.55. The Bertz CT molecular complexity index is 442. The average Bonchev–Trinajstić information content (AvgIpc) is 2.55. The predicted octanol–water partition coefficient (Wildman–Crippen LogP) is 3.27. The Labute approximate surface area is 133 Å². The van der Waals surface area contributed by atoms with Gasteiger partial charge in [-0.3, -0.25) is 0 Å². The molecule has 0 spiro atoms. The largest absolute Gasteiger partial charge is 0.493 e. The molecule has 124 valence electrons. The van der Waals surface area contributed by atoms with Gasteiger partial charge in [-0.15, -0.1) is 0 Å². The van der Waals surface area contributed by atoms with E-state index >= 15 is 0 Å². The zero-order chi connectivity index (χ0) is 15.8. The van der Waals surface area contributed by atoms with Crippen LogP contribution in [-0.2, 0) is 6.54 Å². The van der Waals surface area contributed by atoms with Crippen LogP contribution in [0.1, 0.15) is 51.0 Å². The first-order valence-electron chi connectivity index (χ1n) is 8.44. The van der Waals surface area contributed by atoms with Crippen molar-refractivity contribution in [1.29, 1.82) is 0 Å². The van der Waals surface area contributed by atoms with Gasteiger partial charge in [-0.05, 0) is 49.8 Å². The zero-order valence-corrected chi connectivity index (χ0v) is 13.8. The van der Waals surface area contributed by atoms with E-state index in [9.17, 15) is 5.11 Å². The lowest BCUT2D eigenvalue weighted by Crippen LogP contribution is -2.34. The summed E-state index contributed by atoms with van der Waals surface area (Å²) in [5.74, 6) is 1.62. The van der Waals surface area contributed by atoms with Crippen LogP contribution in [0.25, 0.3) is 0 Å². The van der Waals surface area contributed by atoms with Gasteiger partial charge in [-0.1, -0.05) is 19.4 Å². The average molecular weight is 307 g/mol. The van der Waals surface area contributed by atoms with Crippen LogP contribution >= 0.6 is 0 Å². The molecule has 0 aliphatic heterocycles. The molecule has 1 aliphatic rings. The molecule has 1 aliphatic carbocycles. The van der Waals surface area contributed by atoms with Crippen LogP contribution in [0.15, 0.2) is 18.2 Å². The third-order valence-electron chi connectivity index (χ3n) is 4.28. The van der Waals surface area contributed by atoms with Crippen molar-refractivity contribution >= 4 is 0 Å². The molecule has 0 atom stereocenters. The molecule has 0 unspecified atom stereocenters. The molecule has 1 aromatic carbocycles. The SMILES string of the molecule is CCCCOc1cc(CNC2CCC(O)CC2)ccc1OC. The van der Waals surface area contributed by atoms with Crippen LogP contribution in [0.2, 0.25) is 0 Å². The Hall–Kier alpha value is -1.26. The van der Waals surface area contributed by atoms with Crippen molar-refractivity contribution in [2.24, 2.45) is 0 Å². The summed E-state index contributed by atoms with van der Waals surface area (Å²) in [4.78, 5) is 0. The highest BCUT2D eigenvalue weighted by Gasteiger charge is 2.18. The maximum atomic E-state index is 9.55. The fourth-order valence-corrected chi connectivity index (χ4v) is 2.81. The molecule has 0 heterocycles. The molecule has 0 saturated heterocycles. The van der Waals surface area contributed by atoms with Crippen molar-refractivity contribution in [2.45, 2.75) is 64.1 Å². The highest BCUT2D eigenvalue weighted by atomic mass is 16.5. The van der Waals surface area contributed by atoms with E-state index in [1.165, 1.54) is 5.56 Å². The molecule has 0 bridgehead atoms. The third kappa shape index (κ3) is 5.18. The topological polar surface area (TPSA) is 50.7 Å². The van der Waals surface area contributed by atoms with Crippen molar-refractivity contribution in [2.75, 3.05) is 13.7 Å². The second-order valence-electron chi connectivity index (χ2n) is 6.07. The molecule has 4 heteroatoms. The first-order valence-corrected chi connectivity index (χ1v) is 8.44. The predicted molar refractivity (Wildman–Crippen MR) is 88.5 cm³/mol. The van der Waals surface area contributed by atoms with Crippen molar-refractivity contribution in [1.82, 2.24) is 5.32 Å². The summed E-state index contributed by atoms with van der Waals surface area (Å²) in [6, 6.07) is 6.63. The van der Waals surface area contributed by atoms with Crippen molar-refractivity contribution in [3.8, 4) is 11.5 Å². The van der Waals surface area contributed by atoms with E-state index in [1.807, 2.05) is 6.07 Å². The van der Waals surface area contributed by atoms with Crippen molar-refractivity contribution in [3.05, 3.63) is 23.8 Å². The molecule has 22 heavy (non-hydrogen) atoms. The molecule has 0 amide bonds. The molecule has 0 aromatic heterocycles. The maximum Gasteiger partial charge on any atom is 0.161 e. The minimum absolute atomic E-state index is 0.0994. The fraction of sp³-hybridized carbons (Fsp3) is 0.667. The summed E-state index contributed by atoms with van der Waals surface area (Å²) < 4.78 is 11.2. The lowest BCUT2D eigenvalue weighted by Gasteiger charge is -2.26. The zero-order valence-electron chi connectivity index (χ0n) is 13.8. The van der Waals surface area contributed by atoms with Gasteiger partial charge in [0.15, 0.2) is 11.5 Å². The summed E-state index contributed by atoms with van der Waals surface area (Å²) >= 11 is 0. The standard InChI is InChI=1S/C18H29NO3/c1-3-4-11-22-18-12-14(5-10-17(18)21-2)13-19-15-6-8-16(20)9-7-15/h5,10,12,15-16,19-20H,3-4,6-9,11,13H2,1-2H3. The lowest BCUT2D eigenvalue weighted by atomic mass is 9.93. The van der Waals surface area contributed by atoms with E-state index in [-0.39, 0.29) is 6.10 Å². The number of benzene rings is 1. The minimum Gasteiger partial charge on any atom is -0.493 e. The van der Waals surface area contributed by atoms with Gasteiger partial charge in [0.25, 0.3) is 0 Å². The number of nitrogens with one attached hydrogen (secondary N) is 1. The Morgan fingerprint density at radius 1 is 1.18 bits per heavy atom. The Morgan fingerprint density at radius 3 is 2.64 bits per heavy atom. The molecule has 1 fully saturated rings. The van der Waals surface area contributed by atoms with Gasteiger partial charge >= 0.3 is 0 Å². The third-order valence-corrected chi connectivity index (χ3v) is 4.28. The Balaban J connectivity index is 1.88. The van der Waals surface area contributed by atoms with Crippen LogP contribution in [0.5, 0.6) is 11.5 Å². The number of rotatable bonds is 8. The fourth-order valence-electron chi connectivity index (χ4n) is 2.81. The summed E-state index contributed by atoms with van der Waals surface area (Å²) in [6.07, 6.45) is 6.00. The highest BCUT2D eigenvalue weighted by molar-refractivity contribution is 5.42. The molecule has 2 N–H and O–H groups in total. The summed E-state index contributed by atoms with van der Waals surface area (Å²) in [7, 11) is 1.67. The smallest absolute Gasteiger partial charge is 0.161 e. The molecule has 1 saturated carbocycles. The number of unbranched alkanes of at least 4 members (excludes halogenated alkanes) is 1. The van der Waals surface area contributed by atoms with Crippen LogP contribution < -0.4 is 14.8 Å².